The van der Waals surface area contributed by atoms with E-state index in [1.165, 1.54) is 5.56 Å². The number of carbonyl (C=O) groups excluding carboxylic acids is 1. The molecular formula is C21H25N5OS. The zero-order valence-electron chi connectivity index (χ0n) is 16.2. The Balaban J connectivity index is 1.35. The molecule has 3 aromatic rings. The third-order valence-corrected chi connectivity index (χ3v) is 5.01. The van der Waals surface area contributed by atoms with Crippen molar-refractivity contribution >= 4 is 23.2 Å². The molecule has 0 saturated carbocycles. The standard InChI is InChI=1S/C21H25N5OS/c1-15-11-16(2)25-21(24-15)22-10-6-9-19(27)23-13-18-14-28-20(26-18)12-17-7-4-3-5-8-17/h3-5,7-8,11,14H,6,9-10,12-13H2,1-2H3,(H,23,27)(H,22,24,25). The molecule has 0 saturated heterocycles. The molecule has 6 nitrogen and oxygen atoms in total. The van der Waals surface area contributed by atoms with E-state index in [4.69, 9.17) is 0 Å². The fourth-order valence-corrected chi connectivity index (χ4v) is 3.64. The SMILES string of the molecule is Cc1cc(C)nc(NCCCC(=O)NCc2csc(Cc3ccccc3)n2)n1. The topological polar surface area (TPSA) is 79.8 Å². The zero-order chi connectivity index (χ0) is 19.8. The van der Waals surface area contributed by atoms with Gasteiger partial charge in [-0.25, -0.2) is 15.0 Å². The molecule has 0 bridgehead atoms. The second-order valence-electron chi connectivity index (χ2n) is 6.68. The summed E-state index contributed by atoms with van der Waals surface area (Å²) in [6.45, 7) is 5.01. The van der Waals surface area contributed by atoms with E-state index in [2.05, 4.69) is 37.7 Å². The van der Waals surface area contributed by atoms with Gasteiger partial charge < -0.3 is 10.6 Å². The first-order valence-electron chi connectivity index (χ1n) is 9.38. The molecule has 28 heavy (non-hydrogen) atoms. The molecule has 0 aliphatic rings. The lowest BCUT2D eigenvalue weighted by Crippen LogP contribution is -2.23. The minimum Gasteiger partial charge on any atom is -0.354 e. The predicted molar refractivity (Wildman–Crippen MR) is 112 cm³/mol. The number of aromatic nitrogens is 3. The smallest absolute Gasteiger partial charge is 0.223 e. The highest BCUT2D eigenvalue weighted by atomic mass is 32.1. The zero-order valence-corrected chi connectivity index (χ0v) is 17.1. The van der Waals surface area contributed by atoms with Crippen LogP contribution in [-0.2, 0) is 17.8 Å². The Morgan fingerprint density at radius 3 is 2.57 bits per heavy atom. The molecule has 1 amide bonds. The van der Waals surface area contributed by atoms with E-state index in [-0.39, 0.29) is 5.91 Å². The van der Waals surface area contributed by atoms with Gasteiger partial charge in [0.1, 0.15) is 0 Å². The van der Waals surface area contributed by atoms with Crippen molar-refractivity contribution in [2.75, 3.05) is 11.9 Å². The predicted octanol–water partition coefficient (Wildman–Crippen LogP) is 3.65. The summed E-state index contributed by atoms with van der Waals surface area (Å²) in [7, 11) is 0. The van der Waals surface area contributed by atoms with Crippen LogP contribution in [0, 0.1) is 13.8 Å². The fourth-order valence-electron chi connectivity index (χ4n) is 2.81. The van der Waals surface area contributed by atoms with E-state index >= 15 is 0 Å². The summed E-state index contributed by atoms with van der Waals surface area (Å²) in [5.74, 6) is 0.645. The lowest BCUT2D eigenvalue weighted by Gasteiger charge is -2.07. The van der Waals surface area contributed by atoms with Crippen LogP contribution in [0.2, 0.25) is 0 Å². The third-order valence-electron chi connectivity index (χ3n) is 4.11. The van der Waals surface area contributed by atoms with E-state index < -0.39 is 0 Å². The van der Waals surface area contributed by atoms with Crippen LogP contribution in [0.4, 0.5) is 5.95 Å². The minimum absolute atomic E-state index is 0.0285. The lowest BCUT2D eigenvalue weighted by atomic mass is 10.2. The molecule has 2 N–H and O–H groups in total. The summed E-state index contributed by atoms with van der Waals surface area (Å²) >= 11 is 1.63. The number of amides is 1. The van der Waals surface area contributed by atoms with Crippen LogP contribution in [0.15, 0.2) is 41.8 Å². The molecule has 1 aromatic carbocycles. The molecule has 0 spiro atoms. The van der Waals surface area contributed by atoms with Crippen molar-refractivity contribution in [3.8, 4) is 0 Å². The molecule has 0 unspecified atom stereocenters. The monoisotopic (exact) mass is 395 g/mol. The van der Waals surface area contributed by atoms with Gasteiger partial charge in [0.25, 0.3) is 0 Å². The van der Waals surface area contributed by atoms with Crippen molar-refractivity contribution in [1.82, 2.24) is 20.3 Å². The summed E-state index contributed by atoms with van der Waals surface area (Å²) in [5.41, 5.74) is 4.02. The fraction of sp³-hybridized carbons (Fsp3) is 0.333. The molecule has 7 heteroatoms. The van der Waals surface area contributed by atoms with Gasteiger partial charge in [-0.2, -0.15) is 0 Å². The highest BCUT2D eigenvalue weighted by Gasteiger charge is 2.06. The molecule has 0 fully saturated rings. The molecule has 0 radical (unpaired) electrons. The van der Waals surface area contributed by atoms with Crippen LogP contribution in [0.1, 0.15) is 40.5 Å². The van der Waals surface area contributed by atoms with Gasteiger partial charge in [0, 0.05) is 36.2 Å². The Labute approximate surface area is 169 Å². The number of hydrogen-bond acceptors (Lipinski definition) is 6. The Bertz CT molecular complexity index is 890. The number of anilines is 1. The Morgan fingerprint density at radius 1 is 1.07 bits per heavy atom. The maximum atomic E-state index is 12.0. The highest BCUT2D eigenvalue weighted by Crippen LogP contribution is 2.14. The normalized spacial score (nSPS) is 10.6. The van der Waals surface area contributed by atoms with Gasteiger partial charge in [0.05, 0.1) is 17.2 Å². The highest BCUT2D eigenvalue weighted by molar-refractivity contribution is 7.09. The number of aryl methyl sites for hydroxylation is 2. The first-order valence-corrected chi connectivity index (χ1v) is 10.3. The summed E-state index contributed by atoms with van der Waals surface area (Å²) in [6.07, 6.45) is 2.00. The van der Waals surface area contributed by atoms with E-state index in [9.17, 15) is 4.79 Å². The van der Waals surface area contributed by atoms with E-state index in [0.717, 1.165) is 34.9 Å². The number of benzene rings is 1. The number of thiazole rings is 1. The van der Waals surface area contributed by atoms with Crippen LogP contribution in [-0.4, -0.2) is 27.4 Å². The van der Waals surface area contributed by atoms with Crippen molar-refractivity contribution in [1.29, 1.82) is 0 Å². The van der Waals surface area contributed by atoms with Gasteiger partial charge in [-0.1, -0.05) is 30.3 Å². The Morgan fingerprint density at radius 2 is 1.82 bits per heavy atom. The number of nitrogens with zero attached hydrogens (tertiary/aromatic N) is 3. The largest absolute Gasteiger partial charge is 0.354 e. The van der Waals surface area contributed by atoms with Crippen LogP contribution >= 0.6 is 11.3 Å². The second-order valence-corrected chi connectivity index (χ2v) is 7.62. The summed E-state index contributed by atoms with van der Waals surface area (Å²) in [4.78, 5) is 25.3. The number of carbonyl (C=O) groups is 1. The molecular weight excluding hydrogens is 370 g/mol. The maximum absolute atomic E-state index is 12.0. The molecule has 3 rings (SSSR count). The summed E-state index contributed by atoms with van der Waals surface area (Å²) < 4.78 is 0. The minimum atomic E-state index is 0.0285. The van der Waals surface area contributed by atoms with E-state index in [1.54, 1.807) is 11.3 Å². The maximum Gasteiger partial charge on any atom is 0.223 e. The second kappa shape index (κ2) is 9.94. The van der Waals surface area contributed by atoms with Crippen molar-refractivity contribution in [2.24, 2.45) is 0 Å². The molecule has 0 atom stereocenters. The van der Waals surface area contributed by atoms with Crippen molar-refractivity contribution in [3.05, 3.63) is 69.4 Å². The average molecular weight is 396 g/mol. The molecule has 0 aliphatic heterocycles. The molecule has 2 heterocycles. The molecule has 0 aliphatic carbocycles. The van der Waals surface area contributed by atoms with E-state index in [0.29, 0.717) is 25.5 Å². The number of nitrogens with one attached hydrogen (secondary N) is 2. The number of hydrogen-bond donors (Lipinski definition) is 2. The van der Waals surface area contributed by atoms with E-state index in [1.807, 2.05) is 43.5 Å². The summed E-state index contributed by atoms with van der Waals surface area (Å²) in [6, 6.07) is 12.2. The average Bonchev–Trinajstić information content (AvgIpc) is 3.11. The van der Waals surface area contributed by atoms with Gasteiger partial charge in [-0.3, -0.25) is 4.79 Å². The van der Waals surface area contributed by atoms with Crippen molar-refractivity contribution in [3.63, 3.8) is 0 Å². The molecule has 2 aromatic heterocycles. The third kappa shape index (κ3) is 6.42. The van der Waals surface area contributed by atoms with Gasteiger partial charge in [0.2, 0.25) is 11.9 Å². The van der Waals surface area contributed by atoms with Crippen LogP contribution in [0.3, 0.4) is 0 Å². The van der Waals surface area contributed by atoms with Crippen LogP contribution in [0.5, 0.6) is 0 Å². The number of rotatable bonds is 9. The first kappa shape index (κ1) is 19.9. The lowest BCUT2D eigenvalue weighted by molar-refractivity contribution is -0.121. The van der Waals surface area contributed by atoms with Gasteiger partial charge >= 0.3 is 0 Å². The van der Waals surface area contributed by atoms with Crippen molar-refractivity contribution in [2.45, 2.75) is 39.7 Å². The van der Waals surface area contributed by atoms with Crippen LogP contribution < -0.4 is 10.6 Å². The Kier molecular flexibility index (Phi) is 7.08. The van der Waals surface area contributed by atoms with Gasteiger partial charge in [-0.15, -0.1) is 11.3 Å². The van der Waals surface area contributed by atoms with Crippen molar-refractivity contribution < 1.29 is 4.79 Å². The van der Waals surface area contributed by atoms with Crippen LogP contribution in [0.25, 0.3) is 0 Å². The van der Waals surface area contributed by atoms with Gasteiger partial charge in [0.15, 0.2) is 0 Å². The first-order chi connectivity index (χ1) is 13.6. The Hall–Kier alpha value is -2.80. The van der Waals surface area contributed by atoms with Gasteiger partial charge in [-0.05, 0) is 31.9 Å². The summed E-state index contributed by atoms with van der Waals surface area (Å²) in [5, 5.41) is 9.18. The quantitative estimate of drug-likeness (QED) is 0.541. The molecule has 146 valence electrons.